The molecule has 0 saturated carbocycles. The number of hydrogen-bond acceptors (Lipinski definition) is 6. The molecule has 1 N–H and O–H groups in total. The fourth-order valence-corrected chi connectivity index (χ4v) is 5.09. The first-order valence-corrected chi connectivity index (χ1v) is 10.0. The van der Waals surface area contributed by atoms with Gasteiger partial charge in [-0.05, 0) is 37.8 Å². The number of aromatic nitrogens is 1. The number of fused-ring (bicyclic) bond motifs is 1. The fourth-order valence-electron chi connectivity index (χ4n) is 2.99. The van der Waals surface area contributed by atoms with Crippen molar-refractivity contribution in [3.05, 3.63) is 38.9 Å². The van der Waals surface area contributed by atoms with Crippen molar-refractivity contribution in [2.24, 2.45) is 0 Å². The van der Waals surface area contributed by atoms with Gasteiger partial charge in [-0.1, -0.05) is 11.8 Å². The van der Waals surface area contributed by atoms with E-state index in [0.29, 0.717) is 10.6 Å². The molecule has 0 radical (unpaired) electrons. The minimum atomic E-state index is -4.68. The molecule has 0 fully saturated rings. The second-order valence-corrected chi connectivity index (χ2v) is 8.18. The highest BCUT2D eigenvalue weighted by Gasteiger charge is 2.35. The zero-order chi connectivity index (χ0) is 20.5. The SMILES string of the molecule is Cc1cc(C(F)(F)F)c(C#N)c(SCC(=O)Nc2sc3c(c2C#N)CCC3)n1. The molecule has 3 rings (SSSR count). The third kappa shape index (κ3) is 3.98. The molecule has 10 heteroatoms. The summed E-state index contributed by atoms with van der Waals surface area (Å²) in [6.45, 7) is 1.40. The highest BCUT2D eigenvalue weighted by molar-refractivity contribution is 8.00. The van der Waals surface area contributed by atoms with Crippen LogP contribution in [-0.2, 0) is 23.8 Å². The van der Waals surface area contributed by atoms with Crippen molar-refractivity contribution in [3.63, 3.8) is 0 Å². The molecular weight excluding hydrogens is 409 g/mol. The van der Waals surface area contributed by atoms with Gasteiger partial charge in [0.25, 0.3) is 0 Å². The van der Waals surface area contributed by atoms with Crippen LogP contribution in [-0.4, -0.2) is 16.6 Å². The van der Waals surface area contributed by atoms with Gasteiger partial charge in [-0.25, -0.2) is 4.98 Å². The molecule has 144 valence electrons. The molecule has 0 aliphatic heterocycles. The van der Waals surface area contributed by atoms with E-state index in [9.17, 15) is 23.2 Å². The number of nitriles is 2. The fraction of sp³-hybridized carbons (Fsp3) is 0.333. The summed E-state index contributed by atoms with van der Waals surface area (Å²) in [6, 6.07) is 4.47. The average Bonchev–Trinajstić information content (AvgIpc) is 3.19. The van der Waals surface area contributed by atoms with E-state index in [1.165, 1.54) is 24.3 Å². The Bertz CT molecular complexity index is 1030. The Labute approximate surface area is 167 Å². The first-order valence-electron chi connectivity index (χ1n) is 8.20. The Morgan fingerprint density at radius 1 is 1.32 bits per heavy atom. The molecule has 0 unspecified atom stereocenters. The van der Waals surface area contributed by atoms with Gasteiger partial charge in [0.1, 0.15) is 22.2 Å². The lowest BCUT2D eigenvalue weighted by atomic mass is 10.1. The van der Waals surface area contributed by atoms with E-state index in [0.717, 1.165) is 47.5 Å². The van der Waals surface area contributed by atoms with E-state index >= 15 is 0 Å². The monoisotopic (exact) mass is 422 g/mol. The molecule has 1 aliphatic rings. The summed E-state index contributed by atoms with van der Waals surface area (Å²) < 4.78 is 39.4. The molecule has 1 amide bonds. The van der Waals surface area contributed by atoms with Gasteiger partial charge in [-0.15, -0.1) is 11.3 Å². The quantitative estimate of drug-likeness (QED) is 0.736. The number of pyridine rings is 1. The summed E-state index contributed by atoms with van der Waals surface area (Å²) in [5.74, 6) is -0.697. The zero-order valence-electron chi connectivity index (χ0n) is 14.6. The van der Waals surface area contributed by atoms with E-state index < -0.39 is 23.2 Å². The number of carbonyl (C=O) groups excluding carboxylic acids is 1. The summed E-state index contributed by atoms with van der Waals surface area (Å²) in [4.78, 5) is 17.3. The van der Waals surface area contributed by atoms with Crippen molar-refractivity contribution in [1.29, 1.82) is 10.5 Å². The van der Waals surface area contributed by atoms with Crippen LogP contribution in [0.2, 0.25) is 0 Å². The van der Waals surface area contributed by atoms with Crippen LogP contribution in [0.15, 0.2) is 11.1 Å². The van der Waals surface area contributed by atoms with Crippen molar-refractivity contribution in [1.82, 2.24) is 4.98 Å². The molecular formula is C18H13F3N4OS2. The van der Waals surface area contributed by atoms with Gasteiger partial charge in [0.15, 0.2) is 0 Å². The highest BCUT2D eigenvalue weighted by atomic mass is 32.2. The standard InChI is InChI=1S/C18H13F3N4OS2/c1-9-5-13(18(19,20)21)12(7-23)16(24-9)27-8-15(26)25-17-11(6-22)10-3-2-4-14(10)28-17/h5H,2-4,8H2,1H3,(H,25,26). The Kier molecular flexibility index (Phi) is 5.64. The molecule has 28 heavy (non-hydrogen) atoms. The number of carbonyl (C=O) groups is 1. The number of alkyl halides is 3. The first kappa shape index (κ1) is 20.2. The van der Waals surface area contributed by atoms with Crippen LogP contribution in [0.4, 0.5) is 18.2 Å². The van der Waals surface area contributed by atoms with Crippen LogP contribution in [0.5, 0.6) is 0 Å². The Balaban J connectivity index is 1.77. The maximum atomic E-state index is 13.1. The van der Waals surface area contributed by atoms with E-state index in [2.05, 4.69) is 16.4 Å². The molecule has 0 spiro atoms. The van der Waals surface area contributed by atoms with Gasteiger partial charge in [0.05, 0.1) is 22.4 Å². The highest BCUT2D eigenvalue weighted by Crippen LogP contribution is 2.39. The number of hydrogen-bond donors (Lipinski definition) is 1. The average molecular weight is 422 g/mol. The molecule has 0 saturated heterocycles. The molecule has 0 bridgehead atoms. The minimum absolute atomic E-state index is 0.107. The zero-order valence-corrected chi connectivity index (χ0v) is 16.2. The number of halogens is 3. The molecule has 2 aromatic rings. The van der Waals surface area contributed by atoms with Gasteiger partial charge in [0, 0.05) is 10.6 Å². The predicted molar refractivity (Wildman–Crippen MR) is 99.1 cm³/mol. The maximum Gasteiger partial charge on any atom is 0.417 e. The van der Waals surface area contributed by atoms with Crippen molar-refractivity contribution < 1.29 is 18.0 Å². The number of thiophene rings is 1. The lowest BCUT2D eigenvalue weighted by Crippen LogP contribution is -2.15. The third-order valence-electron chi connectivity index (χ3n) is 4.16. The molecule has 2 heterocycles. The summed E-state index contributed by atoms with van der Waals surface area (Å²) >= 11 is 2.12. The second kappa shape index (κ2) is 7.82. The summed E-state index contributed by atoms with van der Waals surface area (Å²) in [5.41, 5.74) is -0.120. The lowest BCUT2D eigenvalue weighted by molar-refractivity contribution is -0.138. The Morgan fingerprint density at radius 2 is 2.04 bits per heavy atom. The summed E-state index contributed by atoms with van der Waals surface area (Å²) in [7, 11) is 0. The number of aryl methyl sites for hydroxylation is 2. The number of nitrogens with one attached hydrogen (secondary N) is 1. The van der Waals surface area contributed by atoms with E-state index in [-0.39, 0.29) is 16.5 Å². The number of rotatable bonds is 4. The van der Waals surface area contributed by atoms with Crippen LogP contribution in [0.1, 0.15) is 39.2 Å². The summed E-state index contributed by atoms with van der Waals surface area (Å²) in [5, 5.41) is 21.5. The normalized spacial score (nSPS) is 12.9. The van der Waals surface area contributed by atoms with E-state index in [1.54, 1.807) is 0 Å². The molecule has 2 aromatic heterocycles. The first-order chi connectivity index (χ1) is 13.2. The number of thioether (sulfide) groups is 1. The van der Waals surface area contributed by atoms with Gasteiger partial charge in [0.2, 0.25) is 5.91 Å². The Morgan fingerprint density at radius 3 is 2.68 bits per heavy atom. The largest absolute Gasteiger partial charge is 0.417 e. The summed E-state index contributed by atoms with van der Waals surface area (Å²) in [6.07, 6.45) is -2.02. The van der Waals surface area contributed by atoms with Crippen LogP contribution in [0.3, 0.4) is 0 Å². The van der Waals surface area contributed by atoms with E-state index in [1.807, 2.05) is 0 Å². The smallest absolute Gasteiger partial charge is 0.316 e. The van der Waals surface area contributed by atoms with Crippen LogP contribution in [0.25, 0.3) is 0 Å². The lowest BCUT2D eigenvalue weighted by Gasteiger charge is -2.12. The maximum absolute atomic E-state index is 13.1. The van der Waals surface area contributed by atoms with Crippen LogP contribution in [0, 0.1) is 29.6 Å². The second-order valence-electron chi connectivity index (χ2n) is 6.11. The van der Waals surface area contributed by atoms with Crippen molar-refractivity contribution in [2.45, 2.75) is 37.4 Å². The van der Waals surface area contributed by atoms with Gasteiger partial charge in [-0.3, -0.25) is 4.79 Å². The van der Waals surface area contributed by atoms with Gasteiger partial charge >= 0.3 is 6.18 Å². The molecule has 0 aromatic carbocycles. The van der Waals surface area contributed by atoms with Crippen LogP contribution < -0.4 is 5.32 Å². The predicted octanol–water partition coefficient (Wildman–Crippen LogP) is 4.43. The number of anilines is 1. The molecule has 0 atom stereocenters. The number of amides is 1. The van der Waals surface area contributed by atoms with Gasteiger partial charge in [-0.2, -0.15) is 23.7 Å². The Hall–Kier alpha value is -2.56. The van der Waals surface area contributed by atoms with Crippen LogP contribution >= 0.6 is 23.1 Å². The van der Waals surface area contributed by atoms with Crippen molar-refractivity contribution >= 4 is 34.0 Å². The molecule has 5 nitrogen and oxygen atoms in total. The number of nitrogens with zero attached hydrogens (tertiary/aromatic N) is 3. The third-order valence-corrected chi connectivity index (χ3v) is 6.34. The van der Waals surface area contributed by atoms with Gasteiger partial charge < -0.3 is 5.32 Å². The van der Waals surface area contributed by atoms with Crippen molar-refractivity contribution in [2.75, 3.05) is 11.1 Å². The minimum Gasteiger partial charge on any atom is -0.316 e. The van der Waals surface area contributed by atoms with Crippen molar-refractivity contribution in [3.8, 4) is 12.1 Å². The topological polar surface area (TPSA) is 89.6 Å². The van der Waals surface area contributed by atoms with E-state index in [4.69, 9.17) is 5.26 Å². The molecule has 1 aliphatic carbocycles.